The van der Waals surface area contributed by atoms with Crippen LogP contribution in [0.25, 0.3) is 0 Å². The summed E-state index contributed by atoms with van der Waals surface area (Å²) >= 11 is 5.95. The molecular formula is C11H17ClN2O. The van der Waals surface area contributed by atoms with Crippen LogP contribution in [0.15, 0.2) is 11.0 Å². The lowest BCUT2D eigenvalue weighted by Gasteiger charge is -2.21. The van der Waals surface area contributed by atoms with E-state index < -0.39 is 0 Å². The number of nitrogens with zero attached hydrogens (tertiary/aromatic N) is 2. The van der Waals surface area contributed by atoms with Crippen LogP contribution in [0.5, 0.6) is 0 Å². The summed E-state index contributed by atoms with van der Waals surface area (Å²) in [5.41, 5.74) is 0.297. The molecule has 4 heteroatoms. The molecule has 3 nitrogen and oxygen atoms in total. The maximum Gasteiger partial charge on any atom is 0.271 e. The number of rotatable bonds is 2. The van der Waals surface area contributed by atoms with E-state index in [4.69, 9.17) is 11.6 Å². The fraction of sp³-hybridized carbons (Fsp3) is 0.636. The van der Waals surface area contributed by atoms with E-state index >= 15 is 0 Å². The van der Waals surface area contributed by atoms with Crippen molar-refractivity contribution in [1.29, 1.82) is 0 Å². The summed E-state index contributed by atoms with van der Waals surface area (Å²) in [5, 5.41) is 4.54. The van der Waals surface area contributed by atoms with Gasteiger partial charge >= 0.3 is 0 Å². The van der Waals surface area contributed by atoms with E-state index in [1.807, 2.05) is 27.7 Å². The van der Waals surface area contributed by atoms with Gasteiger partial charge in [-0.1, -0.05) is 24.9 Å². The van der Waals surface area contributed by atoms with Crippen LogP contribution in [0.4, 0.5) is 0 Å². The summed E-state index contributed by atoms with van der Waals surface area (Å²) in [6, 6.07) is 0. The van der Waals surface area contributed by atoms with Gasteiger partial charge in [-0.05, 0) is 27.2 Å². The normalized spacial score (nSPS) is 11.8. The van der Waals surface area contributed by atoms with Crippen molar-refractivity contribution in [2.45, 2.75) is 46.1 Å². The first-order valence-electron chi connectivity index (χ1n) is 5.15. The molecule has 0 saturated heterocycles. The van der Waals surface area contributed by atoms with E-state index in [1.165, 1.54) is 4.68 Å². The SMILES string of the molecule is CCCc1c(Cl)cnn(C(C)(C)C)c1=O. The standard InChI is InChI=1S/C11H17ClN2O/c1-5-6-8-9(12)7-13-14(10(8)15)11(2,3)4/h7H,5-6H2,1-4H3. The highest BCUT2D eigenvalue weighted by Gasteiger charge is 2.18. The monoisotopic (exact) mass is 228 g/mol. The Hall–Kier alpha value is -0.830. The first kappa shape index (κ1) is 12.2. The van der Waals surface area contributed by atoms with E-state index in [0.29, 0.717) is 17.0 Å². The molecule has 15 heavy (non-hydrogen) atoms. The Bertz CT molecular complexity index is 404. The lowest BCUT2D eigenvalue weighted by atomic mass is 10.1. The highest BCUT2D eigenvalue weighted by Crippen LogP contribution is 2.15. The molecule has 0 amide bonds. The molecule has 0 bridgehead atoms. The molecule has 0 radical (unpaired) electrons. The third kappa shape index (κ3) is 2.59. The predicted molar refractivity (Wildman–Crippen MR) is 62.5 cm³/mol. The fourth-order valence-electron chi connectivity index (χ4n) is 1.42. The van der Waals surface area contributed by atoms with E-state index in [1.54, 1.807) is 6.20 Å². The maximum absolute atomic E-state index is 12.0. The van der Waals surface area contributed by atoms with Gasteiger partial charge in [0.1, 0.15) is 0 Å². The van der Waals surface area contributed by atoms with Crippen LogP contribution < -0.4 is 5.56 Å². The van der Waals surface area contributed by atoms with Gasteiger partial charge in [-0.15, -0.1) is 0 Å². The van der Waals surface area contributed by atoms with Crippen molar-refractivity contribution in [3.63, 3.8) is 0 Å². The number of aromatic nitrogens is 2. The Morgan fingerprint density at radius 2 is 2.07 bits per heavy atom. The summed E-state index contributed by atoms with van der Waals surface area (Å²) < 4.78 is 1.49. The molecule has 0 aliphatic rings. The zero-order valence-corrected chi connectivity index (χ0v) is 10.4. The predicted octanol–water partition coefficient (Wildman–Crippen LogP) is 2.60. The molecule has 0 aliphatic heterocycles. The summed E-state index contributed by atoms with van der Waals surface area (Å²) in [6.07, 6.45) is 3.17. The second-order valence-corrected chi connectivity index (χ2v) is 5.02. The van der Waals surface area contributed by atoms with E-state index in [2.05, 4.69) is 5.10 Å². The number of hydrogen-bond acceptors (Lipinski definition) is 2. The van der Waals surface area contributed by atoms with Crippen molar-refractivity contribution >= 4 is 11.6 Å². The second kappa shape index (κ2) is 4.35. The largest absolute Gasteiger partial charge is 0.271 e. The first-order chi connectivity index (χ1) is 6.88. The van der Waals surface area contributed by atoms with Crippen molar-refractivity contribution in [2.75, 3.05) is 0 Å². The Morgan fingerprint density at radius 3 is 2.53 bits per heavy atom. The van der Waals surface area contributed by atoms with Gasteiger partial charge in [0.15, 0.2) is 0 Å². The average Bonchev–Trinajstić information content (AvgIpc) is 2.09. The van der Waals surface area contributed by atoms with Crippen LogP contribution in [0.1, 0.15) is 39.7 Å². The molecule has 0 saturated carbocycles. The van der Waals surface area contributed by atoms with Crippen LogP contribution >= 0.6 is 11.6 Å². The van der Waals surface area contributed by atoms with Crippen molar-refractivity contribution in [2.24, 2.45) is 0 Å². The smallest absolute Gasteiger partial charge is 0.267 e. The molecule has 0 fully saturated rings. The van der Waals surface area contributed by atoms with Gasteiger partial charge in [0.05, 0.1) is 16.8 Å². The topological polar surface area (TPSA) is 34.9 Å². The highest BCUT2D eigenvalue weighted by atomic mass is 35.5. The molecule has 84 valence electrons. The van der Waals surface area contributed by atoms with Gasteiger partial charge < -0.3 is 0 Å². The molecule has 0 aliphatic carbocycles. The third-order valence-electron chi connectivity index (χ3n) is 2.16. The minimum absolute atomic E-state index is 0.0724. The molecular weight excluding hydrogens is 212 g/mol. The minimum Gasteiger partial charge on any atom is -0.267 e. The zero-order chi connectivity index (χ0) is 11.6. The van der Waals surface area contributed by atoms with Crippen LogP contribution in [-0.4, -0.2) is 9.78 Å². The fourth-order valence-corrected chi connectivity index (χ4v) is 1.64. The minimum atomic E-state index is -0.301. The first-order valence-corrected chi connectivity index (χ1v) is 5.53. The van der Waals surface area contributed by atoms with E-state index in [0.717, 1.165) is 6.42 Å². The van der Waals surface area contributed by atoms with Gasteiger partial charge in [0.2, 0.25) is 0 Å². The zero-order valence-electron chi connectivity index (χ0n) is 9.67. The van der Waals surface area contributed by atoms with Crippen molar-refractivity contribution in [3.8, 4) is 0 Å². The number of hydrogen-bond donors (Lipinski definition) is 0. The molecule has 0 N–H and O–H groups in total. The average molecular weight is 229 g/mol. The van der Waals surface area contributed by atoms with Crippen LogP contribution in [0, 0.1) is 0 Å². The lowest BCUT2D eigenvalue weighted by Crippen LogP contribution is -2.37. The Labute approximate surface area is 95.1 Å². The van der Waals surface area contributed by atoms with E-state index in [9.17, 15) is 4.79 Å². The molecule has 1 aromatic heterocycles. The molecule has 1 aromatic rings. The highest BCUT2D eigenvalue weighted by molar-refractivity contribution is 6.31. The maximum atomic E-state index is 12.0. The van der Waals surface area contributed by atoms with Gasteiger partial charge in [-0.2, -0.15) is 5.10 Å². The van der Waals surface area contributed by atoms with E-state index in [-0.39, 0.29) is 11.1 Å². The molecule has 1 heterocycles. The Balaban J connectivity index is 3.36. The molecule has 1 rings (SSSR count). The van der Waals surface area contributed by atoms with Crippen molar-refractivity contribution < 1.29 is 0 Å². The third-order valence-corrected chi connectivity index (χ3v) is 2.49. The summed E-state index contributed by atoms with van der Waals surface area (Å²) in [4.78, 5) is 12.0. The number of halogens is 1. The van der Waals surface area contributed by atoms with Crippen LogP contribution in [-0.2, 0) is 12.0 Å². The van der Waals surface area contributed by atoms with Gasteiger partial charge in [0, 0.05) is 5.56 Å². The molecule has 0 aromatic carbocycles. The quantitative estimate of drug-likeness (QED) is 0.780. The Kier molecular flexibility index (Phi) is 3.55. The summed E-state index contributed by atoms with van der Waals surface area (Å²) in [7, 11) is 0. The molecule has 0 atom stereocenters. The lowest BCUT2D eigenvalue weighted by molar-refractivity contribution is 0.336. The van der Waals surface area contributed by atoms with Crippen LogP contribution in [0.3, 0.4) is 0 Å². The van der Waals surface area contributed by atoms with Crippen molar-refractivity contribution in [1.82, 2.24) is 9.78 Å². The van der Waals surface area contributed by atoms with Crippen LogP contribution in [0.2, 0.25) is 5.02 Å². The van der Waals surface area contributed by atoms with Gasteiger partial charge in [-0.3, -0.25) is 4.79 Å². The summed E-state index contributed by atoms with van der Waals surface area (Å²) in [6.45, 7) is 7.87. The Morgan fingerprint density at radius 1 is 1.47 bits per heavy atom. The summed E-state index contributed by atoms with van der Waals surface area (Å²) in [5.74, 6) is 0. The molecule has 0 unspecified atom stereocenters. The van der Waals surface area contributed by atoms with Crippen molar-refractivity contribution in [3.05, 3.63) is 27.1 Å². The van der Waals surface area contributed by atoms with Gasteiger partial charge in [-0.25, -0.2) is 4.68 Å². The molecule has 0 spiro atoms. The second-order valence-electron chi connectivity index (χ2n) is 4.61. The van der Waals surface area contributed by atoms with Gasteiger partial charge in [0.25, 0.3) is 5.56 Å².